The van der Waals surface area contributed by atoms with Gasteiger partial charge in [0.25, 0.3) is 0 Å². The third-order valence-electron chi connectivity index (χ3n) is 2.66. The van der Waals surface area contributed by atoms with Gasteiger partial charge in [-0.25, -0.2) is 0 Å². The number of ether oxygens (including phenoxy) is 1. The predicted octanol–water partition coefficient (Wildman–Crippen LogP) is -0.171. The van der Waals surface area contributed by atoms with Gasteiger partial charge in [0.1, 0.15) is 0 Å². The minimum absolute atomic E-state index is 0.0441. The van der Waals surface area contributed by atoms with E-state index in [0.717, 1.165) is 19.5 Å². The van der Waals surface area contributed by atoms with E-state index < -0.39 is 0 Å². The van der Waals surface area contributed by atoms with E-state index in [1.807, 2.05) is 0 Å². The van der Waals surface area contributed by atoms with Gasteiger partial charge in [-0.05, 0) is 25.9 Å². The van der Waals surface area contributed by atoms with E-state index >= 15 is 0 Å². The van der Waals surface area contributed by atoms with Gasteiger partial charge >= 0.3 is 5.97 Å². The molecule has 2 atom stereocenters. The molecule has 2 unspecified atom stereocenters. The van der Waals surface area contributed by atoms with Gasteiger partial charge in [0.2, 0.25) is 0 Å². The summed E-state index contributed by atoms with van der Waals surface area (Å²) in [4.78, 5) is 13.2. The maximum Gasteiger partial charge on any atom is 0.307 e. The number of nitrogens with zero attached hydrogens (tertiary/aromatic N) is 1. The van der Waals surface area contributed by atoms with Crippen LogP contribution in [0.4, 0.5) is 0 Å². The van der Waals surface area contributed by atoms with Gasteiger partial charge in [0, 0.05) is 12.6 Å². The zero-order valence-corrected chi connectivity index (χ0v) is 8.32. The first-order chi connectivity index (χ1) is 6.13. The van der Waals surface area contributed by atoms with Crippen LogP contribution >= 0.6 is 0 Å². The first-order valence-electron chi connectivity index (χ1n) is 4.64. The molecule has 0 saturated carbocycles. The lowest BCUT2D eigenvalue weighted by molar-refractivity contribution is -0.141. The molecule has 0 amide bonds. The molecule has 1 aliphatic rings. The minimum Gasteiger partial charge on any atom is -0.469 e. The Labute approximate surface area is 79.0 Å². The zero-order valence-electron chi connectivity index (χ0n) is 8.32. The molecular formula is C9H18N2O2. The van der Waals surface area contributed by atoms with Crippen molar-refractivity contribution in [2.24, 2.45) is 11.7 Å². The van der Waals surface area contributed by atoms with Gasteiger partial charge in [-0.2, -0.15) is 0 Å². The monoisotopic (exact) mass is 186 g/mol. The minimum atomic E-state index is -0.206. The number of methoxy groups -OCH3 is 1. The van der Waals surface area contributed by atoms with Crippen LogP contribution < -0.4 is 5.73 Å². The van der Waals surface area contributed by atoms with E-state index in [2.05, 4.69) is 16.7 Å². The Morgan fingerprint density at radius 3 is 2.92 bits per heavy atom. The largest absolute Gasteiger partial charge is 0.469 e. The van der Waals surface area contributed by atoms with Gasteiger partial charge in [-0.15, -0.1) is 0 Å². The van der Waals surface area contributed by atoms with Gasteiger partial charge in [0.15, 0.2) is 0 Å². The molecular weight excluding hydrogens is 168 g/mol. The molecule has 1 heterocycles. The van der Waals surface area contributed by atoms with Crippen LogP contribution in [-0.4, -0.2) is 44.2 Å². The van der Waals surface area contributed by atoms with Crippen LogP contribution in [0, 0.1) is 5.92 Å². The van der Waals surface area contributed by atoms with Crippen LogP contribution in [0.15, 0.2) is 0 Å². The number of likely N-dealkylation sites (tertiary alicyclic amines) is 1. The summed E-state index contributed by atoms with van der Waals surface area (Å²) in [6.45, 7) is 2.08. The molecule has 1 rings (SSSR count). The summed E-state index contributed by atoms with van der Waals surface area (Å²) in [5.41, 5.74) is 5.89. The zero-order chi connectivity index (χ0) is 9.84. The normalized spacial score (nSPS) is 25.9. The summed E-state index contributed by atoms with van der Waals surface area (Å²) in [6.07, 6.45) is 1.43. The molecule has 4 heteroatoms. The molecule has 1 saturated heterocycles. The Balaban J connectivity index is 2.31. The van der Waals surface area contributed by atoms with Gasteiger partial charge in [-0.1, -0.05) is 0 Å². The van der Waals surface area contributed by atoms with Gasteiger partial charge in [0.05, 0.1) is 13.5 Å². The number of carbonyl (C=O) groups is 1. The van der Waals surface area contributed by atoms with E-state index in [4.69, 9.17) is 5.73 Å². The first kappa shape index (κ1) is 10.5. The molecule has 0 bridgehead atoms. The second kappa shape index (κ2) is 4.58. The molecule has 0 aromatic heterocycles. The third kappa shape index (κ3) is 2.97. The lowest BCUT2D eigenvalue weighted by atomic mass is 9.97. The Morgan fingerprint density at radius 1 is 1.77 bits per heavy atom. The SMILES string of the molecule is COC(=O)CC(N)C1CCN(C)C1. The molecule has 13 heavy (non-hydrogen) atoms. The van der Waals surface area contributed by atoms with Crippen molar-refractivity contribution in [2.45, 2.75) is 18.9 Å². The number of hydrogen-bond donors (Lipinski definition) is 1. The number of esters is 1. The Bertz CT molecular complexity index is 184. The van der Waals surface area contributed by atoms with Crippen molar-refractivity contribution in [3.05, 3.63) is 0 Å². The van der Waals surface area contributed by atoms with Crippen LogP contribution in [0.3, 0.4) is 0 Å². The molecule has 0 aliphatic carbocycles. The van der Waals surface area contributed by atoms with Gasteiger partial charge < -0.3 is 15.4 Å². The first-order valence-corrected chi connectivity index (χ1v) is 4.64. The Kier molecular flexibility index (Phi) is 3.69. The highest BCUT2D eigenvalue weighted by molar-refractivity contribution is 5.69. The molecule has 1 aliphatic heterocycles. The molecule has 0 spiro atoms. The molecule has 4 nitrogen and oxygen atoms in total. The van der Waals surface area contributed by atoms with Crippen molar-refractivity contribution in [1.29, 1.82) is 0 Å². The fourth-order valence-corrected chi connectivity index (χ4v) is 1.76. The lowest BCUT2D eigenvalue weighted by Gasteiger charge is -2.17. The molecule has 0 aromatic rings. The third-order valence-corrected chi connectivity index (χ3v) is 2.66. The lowest BCUT2D eigenvalue weighted by Crippen LogP contribution is -2.34. The maximum absolute atomic E-state index is 10.9. The summed E-state index contributed by atoms with van der Waals surface area (Å²) >= 11 is 0. The van der Waals surface area contributed by atoms with E-state index in [0.29, 0.717) is 12.3 Å². The fourth-order valence-electron chi connectivity index (χ4n) is 1.76. The number of rotatable bonds is 3. The predicted molar refractivity (Wildman–Crippen MR) is 50.2 cm³/mol. The topological polar surface area (TPSA) is 55.6 Å². The second-order valence-electron chi connectivity index (χ2n) is 3.76. The van der Waals surface area contributed by atoms with Crippen molar-refractivity contribution in [3.8, 4) is 0 Å². The van der Waals surface area contributed by atoms with Crippen molar-refractivity contribution < 1.29 is 9.53 Å². The van der Waals surface area contributed by atoms with Crippen molar-refractivity contribution in [1.82, 2.24) is 4.90 Å². The van der Waals surface area contributed by atoms with Crippen LogP contribution in [0.2, 0.25) is 0 Å². The number of nitrogens with two attached hydrogens (primary N) is 1. The summed E-state index contributed by atoms with van der Waals surface area (Å²) in [7, 11) is 3.47. The average Bonchev–Trinajstić information content (AvgIpc) is 2.51. The standard InChI is InChI=1S/C9H18N2O2/c1-11-4-3-7(6-11)8(10)5-9(12)13-2/h7-8H,3-6,10H2,1-2H3. The van der Waals surface area contributed by atoms with E-state index in [1.165, 1.54) is 7.11 Å². The molecule has 0 radical (unpaired) electrons. The highest BCUT2D eigenvalue weighted by Crippen LogP contribution is 2.18. The number of carbonyl (C=O) groups excluding carboxylic acids is 1. The Hall–Kier alpha value is -0.610. The van der Waals surface area contributed by atoms with Crippen molar-refractivity contribution in [3.63, 3.8) is 0 Å². The van der Waals surface area contributed by atoms with E-state index in [1.54, 1.807) is 0 Å². The fraction of sp³-hybridized carbons (Fsp3) is 0.889. The molecule has 0 aromatic carbocycles. The van der Waals surface area contributed by atoms with Crippen LogP contribution in [0.5, 0.6) is 0 Å². The van der Waals surface area contributed by atoms with Crippen LogP contribution in [-0.2, 0) is 9.53 Å². The van der Waals surface area contributed by atoms with Crippen molar-refractivity contribution >= 4 is 5.97 Å². The summed E-state index contributed by atoms with van der Waals surface area (Å²) in [6, 6.07) is -0.0441. The highest BCUT2D eigenvalue weighted by Gasteiger charge is 2.26. The smallest absolute Gasteiger partial charge is 0.307 e. The van der Waals surface area contributed by atoms with Crippen molar-refractivity contribution in [2.75, 3.05) is 27.2 Å². The maximum atomic E-state index is 10.9. The molecule has 1 fully saturated rings. The summed E-state index contributed by atoms with van der Waals surface area (Å²) in [5, 5.41) is 0. The van der Waals surface area contributed by atoms with E-state index in [-0.39, 0.29) is 12.0 Å². The van der Waals surface area contributed by atoms with Crippen LogP contribution in [0.1, 0.15) is 12.8 Å². The molecule has 2 N–H and O–H groups in total. The Morgan fingerprint density at radius 2 is 2.46 bits per heavy atom. The summed E-state index contributed by atoms with van der Waals surface area (Å²) < 4.78 is 4.57. The summed E-state index contributed by atoms with van der Waals surface area (Å²) in [5.74, 6) is 0.242. The van der Waals surface area contributed by atoms with E-state index in [9.17, 15) is 4.79 Å². The number of hydrogen-bond acceptors (Lipinski definition) is 4. The van der Waals surface area contributed by atoms with Crippen LogP contribution in [0.25, 0.3) is 0 Å². The van der Waals surface area contributed by atoms with Gasteiger partial charge in [-0.3, -0.25) is 4.79 Å². The highest BCUT2D eigenvalue weighted by atomic mass is 16.5. The second-order valence-corrected chi connectivity index (χ2v) is 3.76. The molecule has 76 valence electrons. The quantitative estimate of drug-likeness (QED) is 0.622. The average molecular weight is 186 g/mol.